The number of aliphatic hydroxyl groups is 1. The number of nitrogens with zero attached hydrogens (tertiary/aromatic N) is 1. The van der Waals surface area contributed by atoms with E-state index in [-0.39, 0.29) is 6.16 Å². The lowest BCUT2D eigenvalue weighted by atomic mass is 10.2. The van der Waals surface area contributed by atoms with E-state index in [4.69, 9.17) is 0 Å². The Kier molecular flexibility index (Phi) is 5.22. The Morgan fingerprint density at radius 1 is 1.50 bits per heavy atom. The molecule has 2 unspecified atom stereocenters. The Balaban J connectivity index is 4.37. The van der Waals surface area contributed by atoms with Gasteiger partial charge >= 0.3 is 7.60 Å². The third-order valence-corrected chi connectivity index (χ3v) is 3.79. The average Bonchev–Trinajstić information content (AvgIpc) is 2.16. The molecule has 84 valence electrons. The fourth-order valence-corrected chi connectivity index (χ4v) is 1.96. The maximum Gasteiger partial charge on any atom is 0.333 e. The molecule has 0 bridgehead atoms. The van der Waals surface area contributed by atoms with Crippen molar-refractivity contribution < 1.29 is 23.6 Å². The average molecular weight is 227 g/mol. The molecule has 0 amide bonds. The highest BCUT2D eigenvalue weighted by atomic mass is 31.2. The van der Waals surface area contributed by atoms with E-state index in [1.54, 1.807) is 0 Å². The van der Waals surface area contributed by atoms with Gasteiger partial charge in [0.1, 0.15) is 6.10 Å². The van der Waals surface area contributed by atoms with E-state index in [1.165, 1.54) is 6.92 Å². The molecule has 7 nitrogen and oxygen atoms in total. The van der Waals surface area contributed by atoms with Gasteiger partial charge in [-0.05, 0) is 0 Å². The summed E-state index contributed by atoms with van der Waals surface area (Å²) in [5.41, 5.74) is 0. The van der Waals surface area contributed by atoms with Crippen molar-refractivity contribution in [3.05, 3.63) is 10.1 Å². The Morgan fingerprint density at radius 2 is 1.93 bits per heavy atom. The Morgan fingerprint density at radius 3 is 2.21 bits per heavy atom. The minimum atomic E-state index is -3.39. The van der Waals surface area contributed by atoms with E-state index >= 15 is 0 Å². The molecule has 0 rings (SSSR count). The number of nitro groups is 1. The summed E-state index contributed by atoms with van der Waals surface area (Å²) in [5, 5.41) is 19.6. The van der Waals surface area contributed by atoms with E-state index in [9.17, 15) is 19.8 Å². The van der Waals surface area contributed by atoms with Gasteiger partial charge in [0.05, 0.1) is 6.16 Å². The van der Waals surface area contributed by atoms with Crippen LogP contribution in [0.25, 0.3) is 0 Å². The zero-order chi connectivity index (χ0) is 11.4. The first-order valence-corrected chi connectivity index (χ1v) is 5.61. The zero-order valence-electron chi connectivity index (χ0n) is 8.24. The van der Waals surface area contributed by atoms with Gasteiger partial charge in [-0.15, -0.1) is 0 Å². The number of hydrogen-bond acceptors (Lipinski definition) is 6. The van der Waals surface area contributed by atoms with E-state index in [0.29, 0.717) is 0 Å². The van der Waals surface area contributed by atoms with Gasteiger partial charge in [0, 0.05) is 26.1 Å². The summed E-state index contributed by atoms with van der Waals surface area (Å²) >= 11 is 0. The van der Waals surface area contributed by atoms with Crippen molar-refractivity contribution in [2.75, 3.05) is 20.4 Å². The van der Waals surface area contributed by atoms with E-state index in [1.807, 2.05) is 0 Å². The van der Waals surface area contributed by atoms with Gasteiger partial charge in [-0.3, -0.25) is 14.7 Å². The van der Waals surface area contributed by atoms with E-state index in [2.05, 4.69) is 9.05 Å². The Hall–Kier alpha value is -0.490. The highest BCUT2D eigenvalue weighted by Crippen LogP contribution is 2.47. The molecule has 2 atom stereocenters. The number of rotatable bonds is 6. The normalized spacial score (nSPS) is 16.3. The molecule has 0 aromatic carbocycles. The van der Waals surface area contributed by atoms with Crippen LogP contribution in [0.3, 0.4) is 0 Å². The topological polar surface area (TPSA) is 98.9 Å². The van der Waals surface area contributed by atoms with Crippen molar-refractivity contribution in [3.63, 3.8) is 0 Å². The van der Waals surface area contributed by atoms with Crippen molar-refractivity contribution in [2.45, 2.75) is 19.1 Å². The van der Waals surface area contributed by atoms with Crippen LogP contribution in [0.15, 0.2) is 0 Å². The summed E-state index contributed by atoms with van der Waals surface area (Å²) in [4.78, 5) is 9.63. The SMILES string of the molecule is COP(=O)(CC(O)C(C)[N+](=O)[O-])OC. The third-order valence-electron chi connectivity index (χ3n) is 1.86. The summed E-state index contributed by atoms with van der Waals surface area (Å²) in [5.74, 6) is 0. The molecule has 0 saturated carbocycles. The van der Waals surface area contributed by atoms with Gasteiger partial charge in [0.15, 0.2) is 0 Å². The summed E-state index contributed by atoms with van der Waals surface area (Å²) in [6, 6.07) is -1.20. The molecular weight excluding hydrogens is 213 g/mol. The fraction of sp³-hybridized carbons (Fsp3) is 1.00. The molecule has 0 aliphatic carbocycles. The van der Waals surface area contributed by atoms with E-state index < -0.39 is 24.7 Å². The third kappa shape index (κ3) is 3.71. The smallest absolute Gasteiger partial charge is 0.333 e. The summed E-state index contributed by atoms with van der Waals surface area (Å²) in [7, 11) is -1.06. The summed E-state index contributed by atoms with van der Waals surface area (Å²) in [6.45, 7) is 1.22. The van der Waals surface area contributed by atoms with Crippen LogP contribution in [0.2, 0.25) is 0 Å². The minimum Gasteiger partial charge on any atom is -0.385 e. The summed E-state index contributed by atoms with van der Waals surface area (Å²) < 4.78 is 20.5. The van der Waals surface area contributed by atoms with Crippen molar-refractivity contribution in [1.82, 2.24) is 0 Å². The van der Waals surface area contributed by atoms with Crippen LogP contribution in [-0.2, 0) is 13.6 Å². The van der Waals surface area contributed by atoms with Gasteiger partial charge in [-0.25, -0.2) is 0 Å². The highest BCUT2D eigenvalue weighted by molar-refractivity contribution is 7.53. The molecule has 0 saturated heterocycles. The standard InChI is InChI=1S/C6H14NO6P/c1-5(7(9)10)6(8)4-14(11,12-2)13-3/h5-6,8H,4H2,1-3H3. The fourth-order valence-electron chi connectivity index (χ4n) is 0.746. The van der Waals surface area contributed by atoms with Gasteiger partial charge in [-0.2, -0.15) is 0 Å². The van der Waals surface area contributed by atoms with Gasteiger partial charge in [0.25, 0.3) is 0 Å². The second-order valence-electron chi connectivity index (χ2n) is 2.75. The predicted molar refractivity (Wildman–Crippen MR) is 49.0 cm³/mol. The highest BCUT2D eigenvalue weighted by Gasteiger charge is 2.33. The quantitative estimate of drug-likeness (QED) is 0.403. The monoisotopic (exact) mass is 227 g/mol. The molecule has 1 N–H and O–H groups in total. The summed E-state index contributed by atoms with van der Waals surface area (Å²) in [6.07, 6.45) is -1.74. The molecule has 14 heavy (non-hydrogen) atoms. The molecular formula is C6H14NO6P. The second kappa shape index (κ2) is 5.41. The maximum absolute atomic E-state index is 11.5. The van der Waals surface area contributed by atoms with Crippen molar-refractivity contribution in [3.8, 4) is 0 Å². The first-order valence-electron chi connectivity index (χ1n) is 3.88. The van der Waals surface area contributed by atoms with Crippen LogP contribution in [0, 0.1) is 10.1 Å². The van der Waals surface area contributed by atoms with Crippen molar-refractivity contribution in [2.24, 2.45) is 0 Å². The van der Waals surface area contributed by atoms with Crippen LogP contribution in [0.1, 0.15) is 6.92 Å². The van der Waals surface area contributed by atoms with E-state index in [0.717, 1.165) is 14.2 Å². The molecule has 8 heteroatoms. The van der Waals surface area contributed by atoms with Gasteiger partial charge in [0.2, 0.25) is 6.04 Å². The van der Waals surface area contributed by atoms with Gasteiger partial charge < -0.3 is 14.2 Å². The van der Waals surface area contributed by atoms with Crippen molar-refractivity contribution in [1.29, 1.82) is 0 Å². The Labute approximate surface area is 81.7 Å². The Bertz CT molecular complexity index is 236. The lowest BCUT2D eigenvalue weighted by Gasteiger charge is -2.17. The predicted octanol–water partition coefficient (Wildman–Crippen LogP) is 0.498. The van der Waals surface area contributed by atoms with Crippen LogP contribution in [-0.4, -0.2) is 42.6 Å². The minimum absolute atomic E-state index is 0.387. The lowest BCUT2D eigenvalue weighted by molar-refractivity contribution is -0.528. The number of aliphatic hydroxyl groups excluding tert-OH is 1. The molecule has 0 fully saturated rings. The molecule has 0 radical (unpaired) electrons. The lowest BCUT2D eigenvalue weighted by Crippen LogP contribution is -2.33. The first kappa shape index (κ1) is 13.5. The molecule has 0 heterocycles. The largest absolute Gasteiger partial charge is 0.385 e. The molecule has 0 aliphatic heterocycles. The van der Waals surface area contributed by atoms with Crippen molar-refractivity contribution >= 4 is 7.60 Å². The second-order valence-corrected chi connectivity index (χ2v) is 5.07. The van der Waals surface area contributed by atoms with Crippen LogP contribution < -0.4 is 0 Å². The van der Waals surface area contributed by atoms with Gasteiger partial charge in [-0.1, -0.05) is 0 Å². The molecule has 0 aromatic rings. The van der Waals surface area contributed by atoms with Crippen LogP contribution >= 0.6 is 7.60 Å². The van der Waals surface area contributed by atoms with Crippen LogP contribution in [0.5, 0.6) is 0 Å². The molecule has 0 aromatic heterocycles. The first-order chi connectivity index (χ1) is 6.36. The molecule has 0 spiro atoms. The zero-order valence-corrected chi connectivity index (χ0v) is 9.14. The maximum atomic E-state index is 11.5. The van der Waals surface area contributed by atoms with Crippen LogP contribution in [0.4, 0.5) is 0 Å². The number of hydrogen-bond donors (Lipinski definition) is 1. The molecule has 0 aliphatic rings.